The van der Waals surface area contributed by atoms with Gasteiger partial charge in [0.2, 0.25) is 0 Å². The maximum absolute atomic E-state index is 10.4. The van der Waals surface area contributed by atoms with Crippen molar-refractivity contribution in [1.82, 2.24) is 10.2 Å². The lowest BCUT2D eigenvalue weighted by Gasteiger charge is -1.85. The van der Waals surface area contributed by atoms with Gasteiger partial charge in [0.25, 0.3) is 0 Å². The van der Waals surface area contributed by atoms with Crippen LogP contribution < -0.4 is 0 Å². The van der Waals surface area contributed by atoms with Crippen LogP contribution in [0, 0.1) is 11.8 Å². The fourth-order valence-corrected chi connectivity index (χ4v) is 0.651. The molecule has 0 spiro atoms. The minimum atomic E-state index is -1.15. The number of nitrogens with one attached hydrogen (secondary N) is 1. The van der Waals surface area contributed by atoms with E-state index in [-0.39, 0.29) is 11.3 Å². The quantitative estimate of drug-likeness (QED) is 0.439. The molecule has 0 amide bonds. The predicted octanol–water partition coefficient (Wildman–Crippen LogP) is -0.342. The predicted molar refractivity (Wildman–Crippen MR) is 38.5 cm³/mol. The minimum absolute atomic E-state index is 0.107. The van der Waals surface area contributed by atoms with E-state index in [1.165, 1.54) is 6.20 Å². The van der Waals surface area contributed by atoms with Crippen molar-refractivity contribution in [3.05, 3.63) is 17.5 Å². The first kappa shape index (κ1) is 8.01. The third-order valence-corrected chi connectivity index (χ3v) is 1.12. The van der Waals surface area contributed by atoms with E-state index in [1.54, 1.807) is 0 Å². The smallest absolute Gasteiger partial charge is 0.355 e. The van der Waals surface area contributed by atoms with Crippen molar-refractivity contribution in [3.63, 3.8) is 0 Å². The Bertz CT molecular complexity index is 369. The van der Waals surface area contributed by atoms with Crippen LogP contribution in [0.2, 0.25) is 0 Å². The first-order chi connectivity index (χ1) is 5.75. The van der Waals surface area contributed by atoms with Crippen LogP contribution in [0.5, 0.6) is 0 Å². The van der Waals surface area contributed by atoms with E-state index in [0.717, 1.165) is 0 Å². The third kappa shape index (κ3) is 1.49. The van der Waals surface area contributed by atoms with Crippen LogP contribution in [-0.4, -0.2) is 27.6 Å². The molecule has 1 aromatic heterocycles. The normalized spacial score (nSPS) is 8.33. The molecule has 0 atom stereocenters. The Morgan fingerprint density at radius 2 is 2.50 bits per heavy atom. The van der Waals surface area contributed by atoms with Gasteiger partial charge in [0, 0.05) is 0 Å². The SMILES string of the molecule is O=CC#Cc1cn[nH]c1C(=O)O. The topological polar surface area (TPSA) is 83.0 Å². The molecule has 0 fully saturated rings. The summed E-state index contributed by atoms with van der Waals surface area (Å²) >= 11 is 0. The van der Waals surface area contributed by atoms with E-state index in [0.29, 0.717) is 6.29 Å². The molecule has 0 saturated heterocycles. The minimum Gasteiger partial charge on any atom is -0.476 e. The first-order valence-corrected chi connectivity index (χ1v) is 2.97. The molecule has 5 nitrogen and oxygen atoms in total. The Labute approximate surface area is 67.4 Å². The lowest BCUT2D eigenvalue weighted by Crippen LogP contribution is -1.98. The molecule has 0 bridgehead atoms. The third-order valence-electron chi connectivity index (χ3n) is 1.12. The van der Waals surface area contributed by atoms with Crippen LogP contribution in [0.15, 0.2) is 6.20 Å². The zero-order valence-electron chi connectivity index (χ0n) is 5.87. The fraction of sp³-hybridized carbons (Fsp3) is 0. The standard InChI is InChI=1S/C7H4N2O3/c10-3-1-2-5-4-8-9-6(5)7(11)12/h3-4H,(H,8,9)(H,11,12). The van der Waals surface area contributed by atoms with Crippen LogP contribution in [0.25, 0.3) is 0 Å². The van der Waals surface area contributed by atoms with Crippen LogP contribution in [0.1, 0.15) is 16.1 Å². The molecule has 0 aromatic carbocycles. The molecule has 0 radical (unpaired) electrons. The molecule has 1 heterocycles. The van der Waals surface area contributed by atoms with Gasteiger partial charge in [0.15, 0.2) is 12.0 Å². The largest absolute Gasteiger partial charge is 0.476 e. The van der Waals surface area contributed by atoms with Gasteiger partial charge in [-0.25, -0.2) is 4.79 Å². The number of aldehydes is 1. The van der Waals surface area contributed by atoms with E-state index < -0.39 is 5.97 Å². The second-order valence-electron chi connectivity index (χ2n) is 1.85. The number of aromatic amines is 1. The summed E-state index contributed by atoms with van der Waals surface area (Å²) in [7, 11) is 0. The molecule has 0 aliphatic rings. The number of nitrogens with zero attached hydrogens (tertiary/aromatic N) is 1. The molecule has 60 valence electrons. The summed E-state index contributed by atoms with van der Waals surface area (Å²) < 4.78 is 0. The molecule has 1 rings (SSSR count). The zero-order chi connectivity index (χ0) is 8.97. The van der Waals surface area contributed by atoms with Crippen molar-refractivity contribution >= 4 is 12.3 Å². The number of aromatic nitrogens is 2. The molecule has 0 aliphatic carbocycles. The van der Waals surface area contributed by atoms with Crippen LogP contribution in [0.4, 0.5) is 0 Å². The molecule has 12 heavy (non-hydrogen) atoms. The van der Waals surface area contributed by atoms with E-state index >= 15 is 0 Å². The maximum atomic E-state index is 10.4. The summed E-state index contributed by atoms with van der Waals surface area (Å²) in [5.74, 6) is 3.27. The Kier molecular flexibility index (Phi) is 2.23. The molecule has 0 saturated carbocycles. The molecular formula is C7H4N2O3. The van der Waals surface area contributed by atoms with Gasteiger partial charge in [-0.1, -0.05) is 5.92 Å². The number of rotatable bonds is 1. The lowest BCUT2D eigenvalue weighted by atomic mass is 10.2. The van der Waals surface area contributed by atoms with Gasteiger partial charge in [0.1, 0.15) is 0 Å². The Hall–Kier alpha value is -2.09. The summed E-state index contributed by atoms with van der Waals surface area (Å²) in [6.07, 6.45) is 1.64. The highest BCUT2D eigenvalue weighted by Gasteiger charge is 2.09. The molecule has 2 N–H and O–H groups in total. The van der Waals surface area contributed by atoms with Gasteiger partial charge in [0.05, 0.1) is 11.8 Å². The van der Waals surface area contributed by atoms with E-state index in [4.69, 9.17) is 5.11 Å². The zero-order valence-corrected chi connectivity index (χ0v) is 5.87. The van der Waals surface area contributed by atoms with Gasteiger partial charge in [-0.05, 0) is 5.92 Å². The van der Waals surface area contributed by atoms with Crippen molar-refractivity contribution in [1.29, 1.82) is 0 Å². The molecule has 1 aromatic rings. The summed E-state index contributed by atoms with van der Waals surface area (Å²) in [5, 5.41) is 14.2. The number of carbonyl (C=O) groups excluding carboxylic acids is 1. The highest BCUT2D eigenvalue weighted by molar-refractivity contribution is 5.88. The molecule has 5 heteroatoms. The van der Waals surface area contributed by atoms with E-state index in [1.807, 2.05) is 0 Å². The summed E-state index contributed by atoms with van der Waals surface area (Å²) in [6, 6.07) is 0. The number of carboxylic acid groups (broad SMARTS) is 1. The summed E-state index contributed by atoms with van der Waals surface area (Å²) in [5.41, 5.74) is 0.0963. The molecular weight excluding hydrogens is 160 g/mol. The second kappa shape index (κ2) is 3.34. The average Bonchev–Trinajstić information content (AvgIpc) is 2.48. The Morgan fingerprint density at radius 3 is 3.08 bits per heavy atom. The van der Waals surface area contributed by atoms with Crippen LogP contribution in [0.3, 0.4) is 0 Å². The number of hydrogen-bond acceptors (Lipinski definition) is 3. The monoisotopic (exact) mass is 164 g/mol. The number of hydrogen-bond donors (Lipinski definition) is 2. The van der Waals surface area contributed by atoms with Gasteiger partial charge in [-0.3, -0.25) is 9.89 Å². The molecule has 0 aliphatic heterocycles. The second-order valence-corrected chi connectivity index (χ2v) is 1.85. The number of carbonyl (C=O) groups is 2. The van der Waals surface area contributed by atoms with Gasteiger partial charge in [-0.2, -0.15) is 5.10 Å². The van der Waals surface area contributed by atoms with Crippen molar-refractivity contribution in [2.75, 3.05) is 0 Å². The Morgan fingerprint density at radius 1 is 1.75 bits per heavy atom. The lowest BCUT2D eigenvalue weighted by molar-refractivity contribution is -0.103. The summed E-state index contributed by atoms with van der Waals surface area (Å²) in [6.45, 7) is 0. The fourth-order valence-electron chi connectivity index (χ4n) is 0.651. The van der Waals surface area contributed by atoms with Gasteiger partial charge in [-0.15, -0.1) is 0 Å². The molecule has 0 unspecified atom stereocenters. The van der Waals surface area contributed by atoms with Crippen molar-refractivity contribution in [2.45, 2.75) is 0 Å². The van der Waals surface area contributed by atoms with Gasteiger partial charge < -0.3 is 5.11 Å². The van der Waals surface area contributed by atoms with Crippen molar-refractivity contribution in [2.24, 2.45) is 0 Å². The maximum Gasteiger partial charge on any atom is 0.355 e. The number of aromatic carboxylic acids is 1. The first-order valence-electron chi connectivity index (χ1n) is 2.97. The van der Waals surface area contributed by atoms with E-state index in [9.17, 15) is 9.59 Å². The Balaban J connectivity index is 3.07. The number of carboxylic acids is 1. The van der Waals surface area contributed by atoms with Crippen molar-refractivity contribution < 1.29 is 14.7 Å². The van der Waals surface area contributed by atoms with Crippen LogP contribution in [-0.2, 0) is 4.79 Å². The van der Waals surface area contributed by atoms with E-state index in [2.05, 4.69) is 22.0 Å². The van der Waals surface area contributed by atoms with Crippen LogP contribution >= 0.6 is 0 Å². The number of H-pyrrole nitrogens is 1. The average molecular weight is 164 g/mol. The highest BCUT2D eigenvalue weighted by Crippen LogP contribution is 2.01. The highest BCUT2D eigenvalue weighted by atomic mass is 16.4. The van der Waals surface area contributed by atoms with Gasteiger partial charge >= 0.3 is 5.97 Å². The summed E-state index contributed by atoms with van der Waals surface area (Å²) in [4.78, 5) is 20.2. The van der Waals surface area contributed by atoms with Crippen molar-refractivity contribution in [3.8, 4) is 11.8 Å².